The van der Waals surface area contributed by atoms with Gasteiger partial charge in [0.25, 0.3) is 11.1 Å². The second-order valence-corrected chi connectivity index (χ2v) is 7.02. The van der Waals surface area contributed by atoms with E-state index in [0.29, 0.717) is 22.8 Å². The van der Waals surface area contributed by atoms with Crippen molar-refractivity contribution in [3.05, 3.63) is 52.8 Å². The first-order chi connectivity index (χ1) is 14.5. The summed E-state index contributed by atoms with van der Waals surface area (Å²) in [7, 11) is 1.48. The van der Waals surface area contributed by atoms with E-state index in [-0.39, 0.29) is 24.6 Å². The predicted octanol–water partition coefficient (Wildman–Crippen LogP) is 2.65. The molecule has 154 valence electrons. The van der Waals surface area contributed by atoms with Gasteiger partial charge in [0.2, 0.25) is 5.91 Å². The molecule has 2 heterocycles. The zero-order chi connectivity index (χ0) is 21.5. The molecule has 0 aliphatic carbocycles. The number of carbonyl (C=O) groups is 3. The number of amides is 3. The van der Waals surface area contributed by atoms with Gasteiger partial charge in [0.15, 0.2) is 11.5 Å². The molecule has 30 heavy (non-hydrogen) atoms. The Morgan fingerprint density at radius 1 is 1.33 bits per heavy atom. The second kappa shape index (κ2) is 9.71. The molecule has 0 atom stereocenters. The molecule has 0 radical (unpaired) electrons. The Hall–Kier alpha value is -3.64. The van der Waals surface area contributed by atoms with Gasteiger partial charge in [-0.25, -0.2) is 0 Å². The van der Waals surface area contributed by atoms with Crippen LogP contribution >= 0.6 is 11.8 Å². The number of imide groups is 1. The van der Waals surface area contributed by atoms with Crippen LogP contribution in [0.4, 0.5) is 4.79 Å². The molecule has 1 aliphatic heterocycles. The van der Waals surface area contributed by atoms with Crippen molar-refractivity contribution in [1.29, 1.82) is 0 Å². The van der Waals surface area contributed by atoms with Gasteiger partial charge >= 0.3 is 0 Å². The van der Waals surface area contributed by atoms with Crippen molar-refractivity contribution in [3.63, 3.8) is 0 Å². The van der Waals surface area contributed by atoms with Crippen LogP contribution in [0.2, 0.25) is 0 Å². The first-order valence-corrected chi connectivity index (χ1v) is 9.62. The summed E-state index contributed by atoms with van der Waals surface area (Å²) in [5, 5.41) is 2.09. The zero-order valence-electron chi connectivity index (χ0n) is 16.0. The smallest absolute Gasteiger partial charge is 0.294 e. The van der Waals surface area contributed by atoms with Gasteiger partial charge in [-0.3, -0.25) is 19.3 Å². The highest BCUT2D eigenvalue weighted by Crippen LogP contribution is 2.34. The quantitative estimate of drug-likeness (QED) is 0.512. The van der Waals surface area contributed by atoms with Crippen LogP contribution in [-0.4, -0.2) is 42.2 Å². The molecule has 0 spiro atoms. The van der Waals surface area contributed by atoms with Gasteiger partial charge < -0.3 is 19.2 Å². The Bertz CT molecular complexity index is 1020. The Balaban J connectivity index is 1.67. The molecule has 9 heteroatoms. The Morgan fingerprint density at radius 2 is 2.17 bits per heavy atom. The van der Waals surface area contributed by atoms with E-state index in [1.54, 1.807) is 36.4 Å². The molecule has 3 rings (SSSR count). The number of ether oxygens (including phenoxy) is 2. The molecule has 0 bridgehead atoms. The third-order valence-electron chi connectivity index (χ3n) is 4.01. The molecule has 2 aromatic rings. The van der Waals surface area contributed by atoms with Crippen LogP contribution in [-0.2, 0) is 16.1 Å². The van der Waals surface area contributed by atoms with E-state index in [1.807, 2.05) is 0 Å². The lowest BCUT2D eigenvalue weighted by Gasteiger charge is -2.12. The van der Waals surface area contributed by atoms with Gasteiger partial charge in [-0.2, -0.15) is 0 Å². The van der Waals surface area contributed by atoms with Crippen LogP contribution in [0.15, 0.2) is 45.9 Å². The van der Waals surface area contributed by atoms with Crippen LogP contribution < -0.4 is 14.8 Å². The van der Waals surface area contributed by atoms with Crippen molar-refractivity contribution in [3.8, 4) is 23.8 Å². The summed E-state index contributed by atoms with van der Waals surface area (Å²) in [6, 6.07) is 8.44. The van der Waals surface area contributed by atoms with Gasteiger partial charge in [-0.05, 0) is 47.7 Å². The summed E-state index contributed by atoms with van der Waals surface area (Å²) >= 11 is 0.767. The summed E-state index contributed by atoms with van der Waals surface area (Å²) in [4.78, 5) is 38.0. The van der Waals surface area contributed by atoms with Gasteiger partial charge in [0.1, 0.15) is 18.9 Å². The van der Waals surface area contributed by atoms with E-state index < -0.39 is 17.1 Å². The first-order valence-electron chi connectivity index (χ1n) is 8.80. The molecule has 1 fully saturated rings. The lowest BCUT2D eigenvalue weighted by Crippen LogP contribution is -2.39. The van der Waals surface area contributed by atoms with Crippen molar-refractivity contribution in [2.24, 2.45) is 0 Å². The lowest BCUT2D eigenvalue weighted by atomic mass is 10.2. The molecule has 1 aromatic heterocycles. The van der Waals surface area contributed by atoms with Crippen molar-refractivity contribution in [2.75, 3.05) is 20.3 Å². The molecule has 1 saturated heterocycles. The number of nitrogens with one attached hydrogen (secondary N) is 1. The van der Waals surface area contributed by atoms with Crippen molar-refractivity contribution < 1.29 is 28.3 Å². The Morgan fingerprint density at radius 3 is 2.87 bits per heavy atom. The maximum atomic E-state index is 12.6. The summed E-state index contributed by atoms with van der Waals surface area (Å²) < 4.78 is 15.8. The van der Waals surface area contributed by atoms with Crippen LogP contribution in [0.3, 0.4) is 0 Å². The van der Waals surface area contributed by atoms with Crippen LogP contribution in [0.25, 0.3) is 6.08 Å². The minimum Gasteiger partial charge on any atom is -0.493 e. The maximum absolute atomic E-state index is 12.6. The van der Waals surface area contributed by atoms with Gasteiger partial charge in [-0.15, -0.1) is 6.42 Å². The van der Waals surface area contributed by atoms with E-state index >= 15 is 0 Å². The molecule has 0 saturated carbocycles. The molecule has 1 aliphatic rings. The zero-order valence-corrected chi connectivity index (χ0v) is 16.9. The topological polar surface area (TPSA) is 98.1 Å². The van der Waals surface area contributed by atoms with E-state index in [9.17, 15) is 14.4 Å². The third-order valence-corrected chi connectivity index (χ3v) is 4.92. The van der Waals surface area contributed by atoms with E-state index in [0.717, 1.165) is 16.7 Å². The fourth-order valence-corrected chi connectivity index (χ4v) is 3.44. The highest BCUT2D eigenvalue weighted by molar-refractivity contribution is 8.18. The number of rotatable bonds is 8. The maximum Gasteiger partial charge on any atom is 0.294 e. The van der Waals surface area contributed by atoms with Crippen LogP contribution in [0.5, 0.6) is 11.5 Å². The number of terminal acetylenes is 1. The SMILES string of the molecule is C#CCOc1ccc(/C=C2\SC(=O)N(CC(=O)NCc3ccco3)C2=O)cc1OC. The second-order valence-electron chi connectivity index (χ2n) is 6.03. The first kappa shape index (κ1) is 21.1. The summed E-state index contributed by atoms with van der Waals surface area (Å²) in [6.07, 6.45) is 8.24. The molecule has 3 amide bonds. The number of hydrogen-bond donors (Lipinski definition) is 1. The number of nitrogens with zero attached hydrogens (tertiary/aromatic N) is 1. The average Bonchev–Trinajstić information content (AvgIpc) is 3.35. The van der Waals surface area contributed by atoms with Gasteiger partial charge in [-0.1, -0.05) is 12.0 Å². The Labute approximate surface area is 177 Å². The fraction of sp³-hybridized carbons (Fsp3) is 0.190. The fourth-order valence-electron chi connectivity index (χ4n) is 2.60. The highest BCUT2D eigenvalue weighted by Gasteiger charge is 2.36. The van der Waals surface area contributed by atoms with E-state index in [2.05, 4.69) is 11.2 Å². The summed E-state index contributed by atoms with van der Waals surface area (Å²) in [5.74, 6) is 2.84. The molecule has 1 N–H and O–H groups in total. The Kier molecular flexibility index (Phi) is 6.83. The van der Waals surface area contributed by atoms with E-state index in [1.165, 1.54) is 13.4 Å². The number of thioether (sulfide) groups is 1. The minimum atomic E-state index is -0.537. The van der Waals surface area contributed by atoms with Crippen molar-refractivity contribution in [2.45, 2.75) is 6.54 Å². The predicted molar refractivity (Wildman–Crippen MR) is 111 cm³/mol. The normalized spacial score (nSPS) is 14.7. The number of furan rings is 1. The standard InChI is InChI=1S/C21H18N2O6S/c1-3-8-29-16-7-6-14(10-17(16)27-2)11-18-20(25)23(21(26)30-18)13-19(24)22-12-15-5-4-9-28-15/h1,4-7,9-11H,8,12-13H2,2H3,(H,22,24)/b18-11-. The number of benzene rings is 1. The van der Waals surface area contributed by atoms with Crippen LogP contribution in [0.1, 0.15) is 11.3 Å². The third kappa shape index (κ3) is 5.04. The van der Waals surface area contributed by atoms with Crippen molar-refractivity contribution in [1.82, 2.24) is 10.2 Å². The van der Waals surface area contributed by atoms with Gasteiger partial charge in [0, 0.05) is 0 Å². The summed E-state index contributed by atoms with van der Waals surface area (Å²) in [5.41, 5.74) is 0.632. The van der Waals surface area contributed by atoms with Gasteiger partial charge in [0.05, 0.1) is 24.8 Å². The van der Waals surface area contributed by atoms with Crippen LogP contribution in [0, 0.1) is 12.3 Å². The molecular weight excluding hydrogens is 408 g/mol. The molecule has 8 nitrogen and oxygen atoms in total. The summed E-state index contributed by atoms with van der Waals surface area (Å²) in [6.45, 7) is -0.104. The van der Waals surface area contributed by atoms with E-state index in [4.69, 9.17) is 20.3 Å². The molecular formula is C21H18N2O6S. The number of methoxy groups -OCH3 is 1. The van der Waals surface area contributed by atoms with Crippen molar-refractivity contribution >= 4 is 34.9 Å². The molecule has 1 aromatic carbocycles. The number of carbonyl (C=O) groups excluding carboxylic acids is 3. The largest absolute Gasteiger partial charge is 0.493 e. The minimum absolute atomic E-state index is 0.0938. The molecule has 0 unspecified atom stereocenters. The number of hydrogen-bond acceptors (Lipinski definition) is 7. The monoisotopic (exact) mass is 426 g/mol. The lowest BCUT2D eigenvalue weighted by molar-refractivity contribution is -0.129. The average molecular weight is 426 g/mol. The highest BCUT2D eigenvalue weighted by atomic mass is 32.2.